The van der Waals surface area contributed by atoms with Crippen molar-refractivity contribution in [2.24, 2.45) is 0 Å². The lowest BCUT2D eigenvalue weighted by atomic mass is 10.2. The highest BCUT2D eigenvalue weighted by Gasteiger charge is 2.11. The summed E-state index contributed by atoms with van der Waals surface area (Å²) < 4.78 is 0. The molecule has 2 aromatic rings. The van der Waals surface area contributed by atoms with E-state index in [1.54, 1.807) is 0 Å². The molecule has 1 N–H and O–H groups in total. The molecule has 0 aliphatic carbocycles. The van der Waals surface area contributed by atoms with Gasteiger partial charge in [0.05, 0.1) is 0 Å². The van der Waals surface area contributed by atoms with Crippen LogP contribution >= 0.6 is 0 Å². The zero-order valence-electron chi connectivity index (χ0n) is 14.8. The maximum atomic E-state index is 4.62. The van der Waals surface area contributed by atoms with Gasteiger partial charge >= 0.3 is 0 Å². The predicted octanol–water partition coefficient (Wildman–Crippen LogP) is 3.22. The summed E-state index contributed by atoms with van der Waals surface area (Å²) in [7, 11) is 4.13. The normalized spacial score (nSPS) is 10.9. The summed E-state index contributed by atoms with van der Waals surface area (Å²) in [5, 5.41) is 3.38. The zero-order valence-corrected chi connectivity index (χ0v) is 14.8. The molecule has 0 unspecified atom stereocenters. The number of rotatable bonds is 7. The molecule has 0 radical (unpaired) electrons. The first-order chi connectivity index (χ1) is 11.0. The molecule has 23 heavy (non-hydrogen) atoms. The molecule has 1 heterocycles. The quantitative estimate of drug-likeness (QED) is 0.850. The number of hydrogen-bond acceptors (Lipinski definition) is 5. The van der Waals surface area contributed by atoms with Crippen LogP contribution in [0.1, 0.15) is 18.3 Å². The average molecular weight is 313 g/mol. The SMILES string of the molecule is CCN(c1cccc(C)c1)c1cc(NCCN(C)C)nc(C)n1. The van der Waals surface area contributed by atoms with E-state index in [2.05, 4.69) is 77.3 Å². The van der Waals surface area contributed by atoms with Crippen LogP contribution in [0, 0.1) is 13.8 Å². The highest BCUT2D eigenvalue weighted by molar-refractivity contribution is 5.63. The molecule has 0 amide bonds. The molecule has 5 nitrogen and oxygen atoms in total. The molecule has 1 aromatic heterocycles. The largest absolute Gasteiger partial charge is 0.369 e. The van der Waals surface area contributed by atoms with Gasteiger partial charge in [0.15, 0.2) is 0 Å². The maximum absolute atomic E-state index is 4.62. The van der Waals surface area contributed by atoms with Crippen LogP contribution < -0.4 is 10.2 Å². The van der Waals surface area contributed by atoms with Gasteiger partial charge < -0.3 is 15.1 Å². The lowest BCUT2D eigenvalue weighted by molar-refractivity contribution is 0.425. The Morgan fingerprint density at radius 2 is 1.87 bits per heavy atom. The van der Waals surface area contributed by atoms with Gasteiger partial charge in [-0.15, -0.1) is 0 Å². The molecule has 0 fully saturated rings. The minimum Gasteiger partial charge on any atom is -0.369 e. The number of aromatic nitrogens is 2. The van der Waals surface area contributed by atoms with Crippen molar-refractivity contribution in [3.05, 3.63) is 41.7 Å². The molecule has 1 aromatic carbocycles. The molecule has 0 saturated heterocycles. The van der Waals surface area contributed by atoms with E-state index in [1.165, 1.54) is 5.56 Å². The summed E-state index contributed by atoms with van der Waals surface area (Å²) in [6, 6.07) is 10.5. The molecule has 124 valence electrons. The van der Waals surface area contributed by atoms with Crippen molar-refractivity contribution < 1.29 is 0 Å². The molecule has 0 bridgehead atoms. The van der Waals surface area contributed by atoms with Crippen molar-refractivity contribution in [2.45, 2.75) is 20.8 Å². The fourth-order valence-corrected chi connectivity index (χ4v) is 2.46. The van der Waals surface area contributed by atoms with Crippen molar-refractivity contribution >= 4 is 17.3 Å². The number of benzene rings is 1. The van der Waals surface area contributed by atoms with Gasteiger partial charge in [0, 0.05) is 31.4 Å². The van der Waals surface area contributed by atoms with Gasteiger partial charge in [-0.2, -0.15) is 0 Å². The fraction of sp³-hybridized carbons (Fsp3) is 0.444. The smallest absolute Gasteiger partial charge is 0.138 e. The van der Waals surface area contributed by atoms with Crippen LogP contribution in [0.15, 0.2) is 30.3 Å². The van der Waals surface area contributed by atoms with Gasteiger partial charge in [-0.1, -0.05) is 12.1 Å². The number of nitrogens with zero attached hydrogens (tertiary/aromatic N) is 4. The number of hydrogen-bond donors (Lipinski definition) is 1. The van der Waals surface area contributed by atoms with E-state index in [0.717, 1.165) is 42.8 Å². The van der Waals surface area contributed by atoms with E-state index < -0.39 is 0 Å². The van der Waals surface area contributed by atoms with Crippen LogP contribution in [0.3, 0.4) is 0 Å². The van der Waals surface area contributed by atoms with Gasteiger partial charge in [-0.3, -0.25) is 0 Å². The van der Waals surface area contributed by atoms with E-state index in [-0.39, 0.29) is 0 Å². The number of anilines is 3. The summed E-state index contributed by atoms with van der Waals surface area (Å²) in [6.45, 7) is 8.87. The standard InChI is InChI=1S/C18H27N5/c1-6-23(16-9-7-8-14(2)12-16)18-13-17(20-15(3)21-18)19-10-11-22(4)5/h7-9,12-13H,6,10-11H2,1-5H3,(H,19,20,21). The molecule has 0 aliphatic rings. The molecular weight excluding hydrogens is 286 g/mol. The Bertz CT molecular complexity index is 639. The first kappa shape index (κ1) is 17.2. The van der Waals surface area contributed by atoms with Crippen molar-refractivity contribution in [1.82, 2.24) is 14.9 Å². The molecule has 0 atom stereocenters. The van der Waals surface area contributed by atoms with Gasteiger partial charge in [-0.05, 0) is 52.6 Å². The van der Waals surface area contributed by atoms with Crippen LogP contribution in [0.25, 0.3) is 0 Å². The Balaban J connectivity index is 2.24. The van der Waals surface area contributed by atoms with E-state index in [4.69, 9.17) is 0 Å². The van der Waals surface area contributed by atoms with Crippen molar-refractivity contribution in [2.75, 3.05) is 43.9 Å². The summed E-state index contributed by atoms with van der Waals surface area (Å²) in [6.07, 6.45) is 0. The molecule has 2 rings (SSSR count). The third-order valence-corrected chi connectivity index (χ3v) is 3.60. The highest BCUT2D eigenvalue weighted by atomic mass is 15.2. The molecular formula is C18H27N5. The minimum atomic E-state index is 0.779. The van der Waals surface area contributed by atoms with E-state index in [0.29, 0.717) is 0 Å². The Hall–Kier alpha value is -2.14. The Morgan fingerprint density at radius 1 is 1.09 bits per heavy atom. The topological polar surface area (TPSA) is 44.3 Å². The third-order valence-electron chi connectivity index (χ3n) is 3.60. The summed E-state index contributed by atoms with van der Waals surface area (Å²) in [4.78, 5) is 13.5. The predicted molar refractivity (Wildman–Crippen MR) is 97.7 cm³/mol. The van der Waals surface area contributed by atoms with Gasteiger partial charge in [-0.25, -0.2) is 9.97 Å². The average Bonchev–Trinajstić information content (AvgIpc) is 2.47. The number of nitrogens with one attached hydrogen (secondary N) is 1. The lowest BCUT2D eigenvalue weighted by Gasteiger charge is -2.23. The molecule has 0 spiro atoms. The third kappa shape index (κ3) is 4.93. The Labute approximate surface area is 139 Å². The minimum absolute atomic E-state index is 0.779. The lowest BCUT2D eigenvalue weighted by Crippen LogP contribution is -2.22. The number of aryl methyl sites for hydroxylation is 2. The van der Waals surface area contributed by atoms with Crippen molar-refractivity contribution in [3.63, 3.8) is 0 Å². The first-order valence-corrected chi connectivity index (χ1v) is 8.08. The van der Waals surface area contributed by atoms with Crippen molar-refractivity contribution in [3.8, 4) is 0 Å². The molecule has 0 saturated carbocycles. The molecule has 5 heteroatoms. The molecule has 0 aliphatic heterocycles. The second kappa shape index (κ2) is 7.92. The Morgan fingerprint density at radius 3 is 2.52 bits per heavy atom. The van der Waals surface area contributed by atoms with Gasteiger partial charge in [0.25, 0.3) is 0 Å². The first-order valence-electron chi connectivity index (χ1n) is 8.08. The Kier molecular flexibility index (Phi) is 5.93. The summed E-state index contributed by atoms with van der Waals surface area (Å²) in [5.74, 6) is 2.58. The van der Waals surface area contributed by atoms with E-state index >= 15 is 0 Å². The maximum Gasteiger partial charge on any atom is 0.138 e. The van der Waals surface area contributed by atoms with Crippen LogP contribution in [0.2, 0.25) is 0 Å². The van der Waals surface area contributed by atoms with Gasteiger partial charge in [0.1, 0.15) is 17.5 Å². The summed E-state index contributed by atoms with van der Waals surface area (Å²) >= 11 is 0. The van der Waals surface area contributed by atoms with E-state index in [1.807, 2.05) is 13.0 Å². The van der Waals surface area contributed by atoms with Crippen LogP contribution in [-0.4, -0.2) is 48.6 Å². The van der Waals surface area contributed by atoms with Crippen molar-refractivity contribution in [1.29, 1.82) is 0 Å². The second-order valence-corrected chi connectivity index (χ2v) is 5.97. The van der Waals surface area contributed by atoms with Crippen LogP contribution in [0.5, 0.6) is 0 Å². The highest BCUT2D eigenvalue weighted by Crippen LogP contribution is 2.25. The monoisotopic (exact) mass is 313 g/mol. The van der Waals surface area contributed by atoms with Gasteiger partial charge in [0.2, 0.25) is 0 Å². The fourth-order valence-electron chi connectivity index (χ4n) is 2.46. The second-order valence-electron chi connectivity index (χ2n) is 5.97. The zero-order chi connectivity index (χ0) is 16.8. The summed E-state index contributed by atoms with van der Waals surface area (Å²) in [5.41, 5.74) is 2.40. The van der Waals surface area contributed by atoms with Crippen LogP contribution in [-0.2, 0) is 0 Å². The van der Waals surface area contributed by atoms with E-state index in [9.17, 15) is 0 Å². The number of likely N-dealkylation sites (N-methyl/N-ethyl adjacent to an activating group) is 1. The van der Waals surface area contributed by atoms with Crippen LogP contribution in [0.4, 0.5) is 17.3 Å².